The lowest BCUT2D eigenvalue weighted by atomic mass is 10.2. The average molecular weight is 234 g/mol. The van der Waals surface area contributed by atoms with Crippen molar-refractivity contribution in [3.63, 3.8) is 0 Å². The van der Waals surface area contributed by atoms with E-state index < -0.39 is 12.1 Å². The third-order valence-electron chi connectivity index (χ3n) is 2.04. The normalized spacial score (nSPS) is 15.8. The van der Waals surface area contributed by atoms with Crippen LogP contribution in [0.2, 0.25) is 0 Å². The fraction of sp³-hybridized carbons (Fsp3) is 0.909. The average Bonchev–Trinajstić information content (AvgIpc) is 1.98. The van der Waals surface area contributed by atoms with Gasteiger partial charge in [0.05, 0.1) is 33.7 Å². The maximum atomic E-state index is 10.7. The number of hydrogen-bond donors (Lipinski definition) is 2. The monoisotopic (exact) mass is 234 g/mol. The molecule has 0 spiro atoms. The van der Waals surface area contributed by atoms with E-state index in [9.17, 15) is 4.79 Å². The van der Waals surface area contributed by atoms with Gasteiger partial charge in [-0.15, -0.1) is 0 Å². The number of carbonyl (C=O) groups is 1. The van der Waals surface area contributed by atoms with Gasteiger partial charge in [-0.2, -0.15) is 0 Å². The molecule has 96 valence electrons. The summed E-state index contributed by atoms with van der Waals surface area (Å²) in [6, 6.07) is 0. The lowest BCUT2D eigenvalue weighted by Gasteiger charge is -2.28. The quantitative estimate of drug-likeness (QED) is 0.594. The Hall–Kier alpha value is -0.650. The lowest BCUT2D eigenvalue weighted by Crippen LogP contribution is -2.43. The summed E-state index contributed by atoms with van der Waals surface area (Å²) in [5.74, 6) is -0.851. The zero-order valence-electron chi connectivity index (χ0n) is 10.6. The molecule has 2 unspecified atom stereocenters. The van der Waals surface area contributed by atoms with Gasteiger partial charge in [0.25, 0.3) is 0 Å². The molecule has 0 rings (SSSR count). The van der Waals surface area contributed by atoms with Crippen LogP contribution in [0.15, 0.2) is 0 Å². The summed E-state index contributed by atoms with van der Waals surface area (Å²) in [7, 11) is 5.98. The van der Waals surface area contributed by atoms with Crippen molar-refractivity contribution in [1.29, 1.82) is 0 Å². The minimum atomic E-state index is -0.851. The predicted octanol–water partition coefficient (Wildman–Crippen LogP) is 0.323. The first-order valence-electron chi connectivity index (χ1n) is 5.52. The van der Waals surface area contributed by atoms with Crippen LogP contribution in [-0.2, 0) is 9.53 Å². The van der Waals surface area contributed by atoms with Crippen LogP contribution in [0.25, 0.3) is 0 Å². The molecule has 0 aliphatic rings. The third kappa shape index (κ3) is 9.89. The van der Waals surface area contributed by atoms with E-state index in [1.54, 1.807) is 6.92 Å². The second-order valence-corrected chi connectivity index (χ2v) is 5.20. The Morgan fingerprint density at radius 3 is 2.31 bits per heavy atom. The standard InChI is InChI=1S/C11H23NO4/c1-9(13)5-6-16-10(7-11(14)15)8-12(2,3)4/h9-10,13H,5-8H2,1-4H3/p+1. The molecule has 0 amide bonds. The Bertz CT molecular complexity index is 211. The van der Waals surface area contributed by atoms with Crippen molar-refractivity contribution in [3.8, 4) is 0 Å². The van der Waals surface area contributed by atoms with E-state index in [1.165, 1.54) is 0 Å². The van der Waals surface area contributed by atoms with Gasteiger partial charge in [-0.25, -0.2) is 0 Å². The van der Waals surface area contributed by atoms with Crippen LogP contribution in [0.1, 0.15) is 19.8 Å². The van der Waals surface area contributed by atoms with E-state index in [2.05, 4.69) is 0 Å². The number of aliphatic hydroxyl groups excluding tert-OH is 1. The van der Waals surface area contributed by atoms with Gasteiger partial charge < -0.3 is 19.4 Å². The van der Waals surface area contributed by atoms with Crippen LogP contribution in [0.3, 0.4) is 0 Å². The highest BCUT2D eigenvalue weighted by molar-refractivity contribution is 5.67. The molecule has 2 N–H and O–H groups in total. The SMILES string of the molecule is CC(O)CCOC(CC(=O)O)C[N+](C)(C)C. The first-order chi connectivity index (χ1) is 7.20. The molecule has 0 bridgehead atoms. The molecule has 0 aromatic rings. The van der Waals surface area contributed by atoms with Crippen molar-refractivity contribution in [1.82, 2.24) is 0 Å². The van der Waals surface area contributed by atoms with E-state index in [0.717, 1.165) is 0 Å². The number of nitrogens with zero attached hydrogens (tertiary/aromatic N) is 1. The highest BCUT2D eigenvalue weighted by Crippen LogP contribution is 2.06. The van der Waals surface area contributed by atoms with Gasteiger partial charge in [0.1, 0.15) is 12.6 Å². The number of ether oxygens (including phenoxy) is 1. The first-order valence-corrected chi connectivity index (χ1v) is 5.52. The van der Waals surface area contributed by atoms with Crippen molar-refractivity contribution in [3.05, 3.63) is 0 Å². The summed E-state index contributed by atoms with van der Waals surface area (Å²) in [6.45, 7) is 2.73. The molecule has 0 saturated heterocycles. The molecule has 16 heavy (non-hydrogen) atoms. The molecule has 0 aromatic carbocycles. The number of rotatable bonds is 8. The summed E-state index contributed by atoms with van der Waals surface area (Å²) in [5, 5.41) is 17.8. The van der Waals surface area contributed by atoms with Gasteiger partial charge in [0.2, 0.25) is 0 Å². The molecular weight excluding hydrogens is 210 g/mol. The molecule has 0 aliphatic carbocycles. The van der Waals surface area contributed by atoms with Crippen LogP contribution in [0.4, 0.5) is 0 Å². The zero-order chi connectivity index (χ0) is 12.8. The van der Waals surface area contributed by atoms with Crippen molar-refractivity contribution in [2.24, 2.45) is 0 Å². The molecule has 0 fully saturated rings. The molecule has 5 heteroatoms. The van der Waals surface area contributed by atoms with E-state index in [-0.39, 0.29) is 12.5 Å². The van der Waals surface area contributed by atoms with Gasteiger partial charge in [0.15, 0.2) is 0 Å². The van der Waals surface area contributed by atoms with Crippen molar-refractivity contribution < 1.29 is 24.2 Å². The first kappa shape index (κ1) is 15.3. The number of aliphatic carboxylic acids is 1. The highest BCUT2D eigenvalue weighted by atomic mass is 16.5. The van der Waals surface area contributed by atoms with Crippen molar-refractivity contribution in [2.75, 3.05) is 34.3 Å². The molecule has 0 saturated carbocycles. The Labute approximate surface area is 97.2 Å². The van der Waals surface area contributed by atoms with Crippen LogP contribution >= 0.6 is 0 Å². The van der Waals surface area contributed by atoms with E-state index in [4.69, 9.17) is 14.9 Å². The second-order valence-electron chi connectivity index (χ2n) is 5.20. The minimum absolute atomic E-state index is 0.00926. The Morgan fingerprint density at radius 2 is 1.94 bits per heavy atom. The second kappa shape index (κ2) is 6.83. The van der Waals surface area contributed by atoms with Crippen LogP contribution in [0, 0.1) is 0 Å². The third-order valence-corrected chi connectivity index (χ3v) is 2.04. The number of aliphatic hydroxyl groups is 1. The number of carboxylic acid groups (broad SMARTS) is 1. The Morgan fingerprint density at radius 1 is 1.38 bits per heavy atom. The number of carboxylic acids is 1. The van der Waals surface area contributed by atoms with Crippen molar-refractivity contribution >= 4 is 5.97 Å². The summed E-state index contributed by atoms with van der Waals surface area (Å²) in [6.07, 6.45) is -0.159. The van der Waals surface area contributed by atoms with Crippen molar-refractivity contribution in [2.45, 2.75) is 32.0 Å². The highest BCUT2D eigenvalue weighted by Gasteiger charge is 2.21. The van der Waals surface area contributed by atoms with Gasteiger partial charge >= 0.3 is 5.97 Å². The summed E-state index contributed by atoms with van der Waals surface area (Å²) >= 11 is 0. The van der Waals surface area contributed by atoms with Gasteiger partial charge in [-0.05, 0) is 13.3 Å². The maximum absolute atomic E-state index is 10.7. The molecule has 0 heterocycles. The molecule has 0 radical (unpaired) electrons. The Balaban J connectivity index is 4.05. The summed E-state index contributed by atoms with van der Waals surface area (Å²) in [5.41, 5.74) is 0. The summed E-state index contributed by atoms with van der Waals surface area (Å²) < 4.78 is 6.14. The van der Waals surface area contributed by atoms with Crippen LogP contribution in [0.5, 0.6) is 0 Å². The molecule has 5 nitrogen and oxygen atoms in total. The fourth-order valence-corrected chi connectivity index (χ4v) is 1.39. The van der Waals surface area contributed by atoms with Gasteiger partial charge in [-0.3, -0.25) is 4.79 Å². The smallest absolute Gasteiger partial charge is 0.306 e. The summed E-state index contributed by atoms with van der Waals surface area (Å²) in [4.78, 5) is 10.7. The number of quaternary nitrogens is 1. The van der Waals surface area contributed by atoms with E-state index in [0.29, 0.717) is 24.1 Å². The van der Waals surface area contributed by atoms with Crippen LogP contribution in [-0.4, -0.2) is 67.2 Å². The Kier molecular flexibility index (Phi) is 6.55. The van der Waals surface area contributed by atoms with Gasteiger partial charge in [-0.1, -0.05) is 0 Å². The molecule has 0 aromatic heterocycles. The minimum Gasteiger partial charge on any atom is -0.481 e. The molecule has 2 atom stereocenters. The van der Waals surface area contributed by atoms with Crippen LogP contribution < -0.4 is 0 Å². The molecule has 0 aliphatic heterocycles. The largest absolute Gasteiger partial charge is 0.481 e. The van der Waals surface area contributed by atoms with E-state index in [1.807, 2.05) is 21.1 Å². The lowest BCUT2D eigenvalue weighted by molar-refractivity contribution is -0.873. The topological polar surface area (TPSA) is 66.8 Å². The maximum Gasteiger partial charge on any atom is 0.306 e. The van der Waals surface area contributed by atoms with Gasteiger partial charge in [0, 0.05) is 6.61 Å². The molecular formula is C11H24NO4+. The number of hydrogen-bond acceptors (Lipinski definition) is 3. The van der Waals surface area contributed by atoms with E-state index >= 15 is 0 Å². The zero-order valence-corrected chi connectivity index (χ0v) is 10.6. The predicted molar refractivity (Wildman–Crippen MR) is 61.2 cm³/mol. The number of likely N-dealkylation sites (N-methyl/N-ethyl adjacent to an activating group) is 1. The fourth-order valence-electron chi connectivity index (χ4n) is 1.39.